The molecule has 0 radical (unpaired) electrons. The smallest absolute Gasteiger partial charge is 0.244 e. The van der Waals surface area contributed by atoms with Gasteiger partial charge in [-0.05, 0) is 58.2 Å². The van der Waals surface area contributed by atoms with E-state index in [1.807, 2.05) is 64.6 Å². The SMILES string of the molecule is CC[C@H](C)N(CC(=O)Nc1cccc(C)c1C)C(=O)CSC(=S)N(CC)CC. The number of anilines is 1. The van der Waals surface area contributed by atoms with Crippen LogP contribution in [-0.2, 0) is 9.59 Å². The number of amides is 2. The number of hydrogen-bond donors (Lipinski definition) is 1. The van der Waals surface area contributed by atoms with Crippen LogP contribution in [0.25, 0.3) is 0 Å². The molecule has 1 rings (SSSR count). The summed E-state index contributed by atoms with van der Waals surface area (Å²) >= 11 is 6.78. The number of rotatable bonds is 9. The van der Waals surface area contributed by atoms with E-state index in [1.54, 1.807) is 4.90 Å². The van der Waals surface area contributed by atoms with E-state index in [-0.39, 0.29) is 30.2 Å². The van der Waals surface area contributed by atoms with E-state index in [4.69, 9.17) is 12.2 Å². The van der Waals surface area contributed by atoms with E-state index in [1.165, 1.54) is 11.8 Å². The molecule has 0 bridgehead atoms. The Morgan fingerprint density at radius 3 is 2.39 bits per heavy atom. The maximum Gasteiger partial charge on any atom is 0.244 e. The molecule has 0 saturated carbocycles. The summed E-state index contributed by atoms with van der Waals surface area (Å²) in [6, 6.07) is 5.80. The van der Waals surface area contributed by atoms with E-state index in [2.05, 4.69) is 5.32 Å². The maximum atomic E-state index is 12.8. The van der Waals surface area contributed by atoms with E-state index < -0.39 is 0 Å². The van der Waals surface area contributed by atoms with Gasteiger partial charge < -0.3 is 15.1 Å². The van der Waals surface area contributed by atoms with Gasteiger partial charge in [-0.15, -0.1) is 0 Å². The third-order valence-electron chi connectivity index (χ3n) is 4.98. The van der Waals surface area contributed by atoms with Gasteiger partial charge in [-0.3, -0.25) is 9.59 Å². The Morgan fingerprint density at radius 1 is 1.18 bits per heavy atom. The van der Waals surface area contributed by atoms with Crippen LogP contribution in [-0.4, -0.2) is 57.4 Å². The Labute approximate surface area is 179 Å². The van der Waals surface area contributed by atoms with Crippen LogP contribution in [0.1, 0.15) is 45.2 Å². The van der Waals surface area contributed by atoms with E-state index in [9.17, 15) is 9.59 Å². The third kappa shape index (κ3) is 7.09. The molecule has 1 atom stereocenters. The number of nitrogens with one attached hydrogen (secondary N) is 1. The highest BCUT2D eigenvalue weighted by atomic mass is 32.2. The Hall–Kier alpha value is -1.60. The highest BCUT2D eigenvalue weighted by molar-refractivity contribution is 8.23. The second-order valence-corrected chi connectivity index (χ2v) is 8.41. The Bertz CT molecular complexity index is 690. The largest absolute Gasteiger partial charge is 0.358 e. The van der Waals surface area contributed by atoms with Gasteiger partial charge in [0.05, 0.1) is 5.75 Å². The van der Waals surface area contributed by atoms with Gasteiger partial charge >= 0.3 is 0 Å². The molecular weight excluding hydrogens is 390 g/mol. The van der Waals surface area contributed by atoms with Gasteiger partial charge in [0.25, 0.3) is 0 Å². The molecule has 28 heavy (non-hydrogen) atoms. The lowest BCUT2D eigenvalue weighted by molar-refractivity contribution is -0.134. The molecule has 1 N–H and O–H groups in total. The van der Waals surface area contributed by atoms with Crippen molar-refractivity contribution >= 4 is 45.8 Å². The van der Waals surface area contributed by atoms with E-state index >= 15 is 0 Å². The fourth-order valence-electron chi connectivity index (χ4n) is 2.72. The average Bonchev–Trinajstić information content (AvgIpc) is 2.68. The van der Waals surface area contributed by atoms with Crippen LogP contribution >= 0.6 is 24.0 Å². The quantitative estimate of drug-likeness (QED) is 0.603. The number of carbonyl (C=O) groups excluding carboxylic acids is 2. The second kappa shape index (κ2) is 12.1. The van der Waals surface area contributed by atoms with Gasteiger partial charge in [0.1, 0.15) is 10.9 Å². The predicted molar refractivity (Wildman–Crippen MR) is 124 cm³/mol. The molecule has 5 nitrogen and oxygen atoms in total. The van der Waals surface area contributed by atoms with Gasteiger partial charge in [0.15, 0.2) is 0 Å². The number of hydrogen-bond acceptors (Lipinski definition) is 4. The summed E-state index contributed by atoms with van der Waals surface area (Å²) in [5, 5.41) is 2.94. The second-order valence-electron chi connectivity index (χ2n) is 6.80. The molecular formula is C21H33N3O2S2. The Balaban J connectivity index is 2.76. The van der Waals surface area contributed by atoms with Crippen molar-refractivity contribution in [2.24, 2.45) is 0 Å². The van der Waals surface area contributed by atoms with Crippen LogP contribution in [0.5, 0.6) is 0 Å². The molecule has 0 aliphatic carbocycles. The van der Waals surface area contributed by atoms with Crippen molar-refractivity contribution in [3.05, 3.63) is 29.3 Å². The topological polar surface area (TPSA) is 52.7 Å². The molecule has 1 aromatic carbocycles. The molecule has 0 aromatic heterocycles. The first-order chi connectivity index (χ1) is 13.2. The molecule has 0 spiro atoms. The number of nitrogens with zero attached hydrogens (tertiary/aromatic N) is 2. The van der Waals surface area contributed by atoms with E-state index in [0.29, 0.717) is 0 Å². The first-order valence-electron chi connectivity index (χ1n) is 9.82. The molecule has 0 unspecified atom stereocenters. The minimum Gasteiger partial charge on any atom is -0.358 e. The number of thioether (sulfide) groups is 1. The zero-order chi connectivity index (χ0) is 21.3. The van der Waals surface area contributed by atoms with Crippen LogP contribution < -0.4 is 5.32 Å². The van der Waals surface area contributed by atoms with Crippen molar-refractivity contribution in [1.29, 1.82) is 0 Å². The summed E-state index contributed by atoms with van der Waals surface area (Å²) in [4.78, 5) is 29.1. The number of carbonyl (C=O) groups is 2. The van der Waals surface area contributed by atoms with Crippen LogP contribution in [0.3, 0.4) is 0 Å². The molecule has 156 valence electrons. The lowest BCUT2D eigenvalue weighted by Crippen LogP contribution is -2.44. The summed E-state index contributed by atoms with van der Waals surface area (Å²) in [6.07, 6.45) is 0.785. The van der Waals surface area contributed by atoms with Crippen molar-refractivity contribution in [1.82, 2.24) is 9.80 Å². The number of benzene rings is 1. The molecule has 0 heterocycles. The molecule has 7 heteroatoms. The summed E-state index contributed by atoms with van der Waals surface area (Å²) in [7, 11) is 0. The molecule has 0 fully saturated rings. The minimum atomic E-state index is -0.182. The third-order valence-corrected chi connectivity index (χ3v) is 6.48. The molecule has 0 aliphatic heterocycles. The summed E-state index contributed by atoms with van der Waals surface area (Å²) < 4.78 is 0.724. The highest BCUT2D eigenvalue weighted by Gasteiger charge is 2.23. The van der Waals surface area contributed by atoms with Crippen molar-refractivity contribution in [2.75, 3.05) is 30.7 Å². The van der Waals surface area contributed by atoms with Crippen LogP contribution in [0.2, 0.25) is 0 Å². The first-order valence-corrected chi connectivity index (χ1v) is 11.2. The normalized spacial score (nSPS) is 11.6. The van der Waals surface area contributed by atoms with Gasteiger partial charge in [-0.1, -0.05) is 43.0 Å². The lowest BCUT2D eigenvalue weighted by Gasteiger charge is -2.29. The minimum absolute atomic E-state index is 0.0144. The van der Waals surface area contributed by atoms with Crippen molar-refractivity contribution in [3.63, 3.8) is 0 Å². The van der Waals surface area contributed by atoms with Gasteiger partial charge in [-0.2, -0.15) is 0 Å². The molecule has 0 saturated heterocycles. The van der Waals surface area contributed by atoms with Gasteiger partial charge in [0.2, 0.25) is 11.8 Å². The van der Waals surface area contributed by atoms with E-state index in [0.717, 1.165) is 40.6 Å². The Morgan fingerprint density at radius 2 is 1.82 bits per heavy atom. The predicted octanol–water partition coefficient (Wildman–Crippen LogP) is 4.23. The van der Waals surface area contributed by atoms with Crippen LogP contribution in [0.15, 0.2) is 18.2 Å². The first kappa shape index (κ1) is 24.4. The average molecular weight is 424 g/mol. The van der Waals surface area contributed by atoms with Gasteiger partial charge in [-0.25, -0.2) is 0 Å². The monoisotopic (exact) mass is 423 g/mol. The molecule has 0 aliphatic rings. The standard InChI is InChI=1S/C21H33N3O2S2/c1-7-16(5)24(20(26)14-28-21(27)23(8-2)9-3)13-19(25)22-18-12-10-11-15(4)17(18)6/h10-12,16H,7-9,13-14H2,1-6H3,(H,22,25)/t16-/m0/s1. The van der Waals surface area contributed by atoms with Crippen molar-refractivity contribution < 1.29 is 9.59 Å². The maximum absolute atomic E-state index is 12.8. The number of aryl methyl sites for hydroxylation is 1. The zero-order valence-electron chi connectivity index (χ0n) is 17.9. The summed E-state index contributed by atoms with van der Waals surface area (Å²) in [6.45, 7) is 13.7. The van der Waals surface area contributed by atoms with Crippen molar-refractivity contribution in [2.45, 2.75) is 54.0 Å². The number of thiocarbonyl (C=S) groups is 1. The van der Waals surface area contributed by atoms with Crippen LogP contribution in [0.4, 0.5) is 5.69 Å². The highest BCUT2D eigenvalue weighted by Crippen LogP contribution is 2.18. The fourth-order valence-corrected chi connectivity index (χ4v) is 4.01. The molecule has 2 amide bonds. The fraction of sp³-hybridized carbons (Fsp3) is 0.571. The summed E-state index contributed by atoms with van der Waals surface area (Å²) in [5.41, 5.74) is 2.95. The summed E-state index contributed by atoms with van der Waals surface area (Å²) in [5.74, 6) is -0.000175. The Kier molecular flexibility index (Phi) is 10.5. The lowest BCUT2D eigenvalue weighted by atomic mass is 10.1. The van der Waals surface area contributed by atoms with Crippen LogP contribution in [0, 0.1) is 13.8 Å². The van der Waals surface area contributed by atoms with Gasteiger partial charge in [0, 0.05) is 24.8 Å². The molecule has 1 aromatic rings. The zero-order valence-corrected chi connectivity index (χ0v) is 19.5. The van der Waals surface area contributed by atoms with Crippen molar-refractivity contribution in [3.8, 4) is 0 Å².